The smallest absolute Gasteiger partial charge is 0.311 e. The largest absolute Gasteiger partial charge is 0.469 e. The highest BCUT2D eigenvalue weighted by Gasteiger charge is 2.36. The van der Waals surface area contributed by atoms with E-state index in [1.807, 2.05) is 0 Å². The van der Waals surface area contributed by atoms with Crippen molar-refractivity contribution < 1.29 is 14.3 Å². The van der Waals surface area contributed by atoms with Crippen molar-refractivity contribution in [2.45, 2.75) is 25.7 Å². The zero-order valence-electron chi connectivity index (χ0n) is 13.2. The molecule has 3 heterocycles. The van der Waals surface area contributed by atoms with E-state index in [2.05, 4.69) is 14.9 Å². The third kappa shape index (κ3) is 3.20. The molecule has 2 aliphatic heterocycles. The van der Waals surface area contributed by atoms with Gasteiger partial charge in [-0.2, -0.15) is 9.97 Å². The van der Waals surface area contributed by atoms with Crippen LogP contribution in [0.25, 0.3) is 0 Å². The number of amides is 1. The lowest BCUT2D eigenvalue weighted by Crippen LogP contribution is -2.32. The van der Waals surface area contributed by atoms with Gasteiger partial charge in [0.1, 0.15) is 11.6 Å². The van der Waals surface area contributed by atoms with Gasteiger partial charge in [0, 0.05) is 32.1 Å². The second kappa shape index (κ2) is 6.39. The van der Waals surface area contributed by atoms with E-state index in [4.69, 9.17) is 10.5 Å². The summed E-state index contributed by atoms with van der Waals surface area (Å²) in [6, 6.07) is 1.78. The second-order valence-electron chi connectivity index (χ2n) is 5.92. The lowest BCUT2D eigenvalue weighted by Gasteiger charge is -2.28. The SMILES string of the molecule is COC(=O)C1CC(=O)N(c2cc(N3CCCCC3)nc(N)n2)C1. The summed E-state index contributed by atoms with van der Waals surface area (Å²) in [5, 5.41) is 0. The fourth-order valence-corrected chi connectivity index (χ4v) is 3.12. The molecule has 23 heavy (non-hydrogen) atoms. The number of ether oxygens (including phenoxy) is 1. The first-order valence-electron chi connectivity index (χ1n) is 7.86. The molecule has 1 unspecified atom stereocenters. The summed E-state index contributed by atoms with van der Waals surface area (Å²) in [6.45, 7) is 2.12. The van der Waals surface area contributed by atoms with Gasteiger partial charge in [-0.1, -0.05) is 0 Å². The van der Waals surface area contributed by atoms with Gasteiger partial charge in [0.25, 0.3) is 0 Å². The van der Waals surface area contributed by atoms with Crippen LogP contribution < -0.4 is 15.5 Å². The van der Waals surface area contributed by atoms with Crippen molar-refractivity contribution in [2.75, 3.05) is 42.3 Å². The van der Waals surface area contributed by atoms with Crippen molar-refractivity contribution in [3.63, 3.8) is 0 Å². The number of piperidine rings is 1. The van der Waals surface area contributed by atoms with Crippen molar-refractivity contribution in [3.8, 4) is 0 Å². The van der Waals surface area contributed by atoms with Crippen LogP contribution in [-0.2, 0) is 14.3 Å². The van der Waals surface area contributed by atoms with Crippen LogP contribution in [0, 0.1) is 5.92 Å². The topological polar surface area (TPSA) is 102 Å². The zero-order chi connectivity index (χ0) is 16.4. The number of hydrogen-bond acceptors (Lipinski definition) is 7. The highest BCUT2D eigenvalue weighted by Crippen LogP contribution is 2.28. The van der Waals surface area contributed by atoms with Gasteiger partial charge >= 0.3 is 5.97 Å². The third-order valence-corrected chi connectivity index (χ3v) is 4.33. The zero-order valence-corrected chi connectivity index (χ0v) is 13.2. The first kappa shape index (κ1) is 15.5. The minimum absolute atomic E-state index is 0.135. The Kier molecular flexibility index (Phi) is 4.31. The van der Waals surface area contributed by atoms with E-state index in [0.717, 1.165) is 31.7 Å². The van der Waals surface area contributed by atoms with Crippen molar-refractivity contribution >= 4 is 29.5 Å². The summed E-state index contributed by atoms with van der Waals surface area (Å²) in [5.74, 6) is 0.345. The Balaban J connectivity index is 1.83. The van der Waals surface area contributed by atoms with Crippen molar-refractivity contribution in [1.82, 2.24) is 9.97 Å². The first-order valence-corrected chi connectivity index (χ1v) is 7.86. The van der Waals surface area contributed by atoms with Gasteiger partial charge in [0.15, 0.2) is 0 Å². The molecule has 124 valence electrons. The minimum atomic E-state index is -0.456. The number of carbonyl (C=O) groups is 2. The Morgan fingerprint density at radius 1 is 1.26 bits per heavy atom. The van der Waals surface area contributed by atoms with Crippen LogP contribution in [0.1, 0.15) is 25.7 Å². The predicted molar refractivity (Wildman–Crippen MR) is 85.0 cm³/mol. The van der Waals surface area contributed by atoms with Gasteiger partial charge < -0.3 is 15.4 Å². The molecule has 0 bridgehead atoms. The molecule has 2 aliphatic rings. The Hall–Kier alpha value is -2.38. The number of nitrogen functional groups attached to an aromatic ring is 1. The highest BCUT2D eigenvalue weighted by atomic mass is 16.5. The quantitative estimate of drug-likeness (QED) is 0.813. The van der Waals surface area contributed by atoms with Crippen LogP contribution in [0.5, 0.6) is 0 Å². The lowest BCUT2D eigenvalue weighted by atomic mass is 10.1. The van der Waals surface area contributed by atoms with Crippen LogP contribution in [0.2, 0.25) is 0 Å². The molecule has 0 saturated carbocycles. The summed E-state index contributed by atoms with van der Waals surface area (Å²) < 4.78 is 4.73. The van der Waals surface area contributed by atoms with Crippen LogP contribution in [0.4, 0.5) is 17.6 Å². The van der Waals surface area contributed by atoms with Crippen molar-refractivity contribution in [2.24, 2.45) is 5.92 Å². The predicted octanol–water partition coefficient (Wildman–Crippen LogP) is 0.575. The molecule has 0 aliphatic carbocycles. The fourth-order valence-electron chi connectivity index (χ4n) is 3.12. The average Bonchev–Trinajstić information content (AvgIpc) is 2.96. The monoisotopic (exact) mass is 319 g/mol. The van der Waals surface area contributed by atoms with E-state index >= 15 is 0 Å². The Morgan fingerprint density at radius 3 is 2.65 bits per heavy atom. The molecule has 2 fully saturated rings. The molecule has 0 aromatic carbocycles. The minimum Gasteiger partial charge on any atom is -0.469 e. The Morgan fingerprint density at radius 2 is 1.96 bits per heavy atom. The van der Waals surface area contributed by atoms with E-state index in [9.17, 15) is 9.59 Å². The molecule has 0 radical (unpaired) electrons. The summed E-state index contributed by atoms with van der Waals surface area (Å²) >= 11 is 0. The third-order valence-electron chi connectivity index (χ3n) is 4.33. The van der Waals surface area contributed by atoms with Crippen LogP contribution in [-0.4, -0.2) is 48.6 Å². The molecule has 8 nitrogen and oxygen atoms in total. The summed E-state index contributed by atoms with van der Waals surface area (Å²) in [6.07, 6.45) is 3.59. The van der Waals surface area contributed by atoms with Gasteiger partial charge in [-0.05, 0) is 19.3 Å². The number of rotatable bonds is 3. The van der Waals surface area contributed by atoms with E-state index in [-0.39, 0.29) is 30.8 Å². The van der Waals surface area contributed by atoms with Crippen molar-refractivity contribution in [1.29, 1.82) is 0 Å². The van der Waals surface area contributed by atoms with Crippen molar-refractivity contribution in [3.05, 3.63) is 6.07 Å². The van der Waals surface area contributed by atoms with Gasteiger partial charge in [-0.3, -0.25) is 14.5 Å². The Labute approximate surface area is 134 Å². The first-order chi connectivity index (χ1) is 11.1. The molecule has 1 aromatic heterocycles. The number of esters is 1. The molecular formula is C15H21N5O3. The number of nitrogens with zero attached hydrogens (tertiary/aromatic N) is 4. The number of methoxy groups -OCH3 is 1. The molecule has 1 atom stereocenters. The maximum absolute atomic E-state index is 12.2. The van der Waals surface area contributed by atoms with E-state index < -0.39 is 5.92 Å². The lowest BCUT2D eigenvalue weighted by molar-refractivity contribution is -0.145. The summed E-state index contributed by atoms with van der Waals surface area (Å²) in [7, 11) is 1.33. The molecular weight excluding hydrogens is 298 g/mol. The van der Waals surface area contributed by atoms with Gasteiger partial charge in [0.2, 0.25) is 11.9 Å². The average molecular weight is 319 g/mol. The second-order valence-corrected chi connectivity index (χ2v) is 5.92. The summed E-state index contributed by atoms with van der Waals surface area (Å²) in [5.41, 5.74) is 5.82. The fraction of sp³-hybridized carbons (Fsp3) is 0.600. The maximum atomic E-state index is 12.2. The van der Waals surface area contributed by atoms with E-state index in [1.165, 1.54) is 18.4 Å². The number of aromatic nitrogens is 2. The van der Waals surface area contributed by atoms with Crippen LogP contribution in [0.3, 0.4) is 0 Å². The standard InChI is InChI=1S/C15H21N5O3/c1-23-14(22)10-7-13(21)20(9-10)12-8-11(17-15(16)18-12)19-5-3-2-4-6-19/h8,10H,2-7,9H2,1H3,(H2,16,17,18). The molecule has 0 spiro atoms. The van der Waals surface area contributed by atoms with Crippen LogP contribution >= 0.6 is 0 Å². The van der Waals surface area contributed by atoms with E-state index in [0.29, 0.717) is 5.82 Å². The number of anilines is 3. The number of carbonyl (C=O) groups excluding carboxylic acids is 2. The van der Waals surface area contributed by atoms with E-state index in [1.54, 1.807) is 6.07 Å². The van der Waals surface area contributed by atoms with Gasteiger partial charge in [0.05, 0.1) is 13.0 Å². The molecule has 8 heteroatoms. The number of hydrogen-bond donors (Lipinski definition) is 1. The highest BCUT2D eigenvalue weighted by molar-refractivity contribution is 5.99. The summed E-state index contributed by atoms with van der Waals surface area (Å²) in [4.78, 5) is 36.0. The van der Waals surface area contributed by atoms with Crippen LogP contribution in [0.15, 0.2) is 6.07 Å². The number of nitrogens with two attached hydrogens (primary N) is 1. The molecule has 3 rings (SSSR count). The normalized spacial score (nSPS) is 21.6. The molecule has 1 aromatic rings. The Bertz CT molecular complexity index is 615. The molecule has 2 N–H and O–H groups in total. The molecule has 2 saturated heterocycles. The van der Waals surface area contributed by atoms with Gasteiger partial charge in [-0.15, -0.1) is 0 Å². The maximum Gasteiger partial charge on any atom is 0.311 e. The van der Waals surface area contributed by atoms with Gasteiger partial charge in [-0.25, -0.2) is 0 Å². The molecule has 1 amide bonds.